The Bertz CT molecular complexity index is 1410. The molecular formula is C28H30N6O4. The molecule has 1 aromatic heterocycles. The average molecular weight is 515 g/mol. The number of rotatable bonds is 9. The Kier molecular flexibility index (Phi) is 7.50. The van der Waals surface area contributed by atoms with E-state index in [2.05, 4.69) is 43.9 Å². The SMILES string of the molecule is Cn1c(CCN2CCN(c3ccccc3)CC2)nc2cc(NC(=O)COc3ccc([N+](=O)[O-])cc3)ccc21. The number of nitrogens with one attached hydrogen (secondary N) is 1. The van der Waals surface area contributed by atoms with Gasteiger partial charge in [0.2, 0.25) is 0 Å². The van der Waals surface area contributed by atoms with E-state index in [0.29, 0.717) is 11.4 Å². The van der Waals surface area contributed by atoms with Gasteiger partial charge in [-0.05, 0) is 42.5 Å². The van der Waals surface area contributed by atoms with Crippen LogP contribution in [0.4, 0.5) is 17.1 Å². The van der Waals surface area contributed by atoms with Crippen molar-refractivity contribution in [1.29, 1.82) is 0 Å². The molecule has 10 nitrogen and oxygen atoms in total. The van der Waals surface area contributed by atoms with Crippen LogP contribution in [0.5, 0.6) is 5.75 Å². The maximum atomic E-state index is 12.4. The van der Waals surface area contributed by atoms with Crippen LogP contribution in [0.15, 0.2) is 72.8 Å². The van der Waals surface area contributed by atoms with E-state index in [1.54, 1.807) is 0 Å². The largest absolute Gasteiger partial charge is 0.484 e. The highest BCUT2D eigenvalue weighted by molar-refractivity contribution is 5.94. The fourth-order valence-corrected chi connectivity index (χ4v) is 4.69. The van der Waals surface area contributed by atoms with Gasteiger partial charge in [-0.15, -0.1) is 0 Å². The third-order valence-corrected chi connectivity index (χ3v) is 6.82. The summed E-state index contributed by atoms with van der Waals surface area (Å²) in [6.45, 7) is 4.82. The summed E-state index contributed by atoms with van der Waals surface area (Å²) >= 11 is 0. The average Bonchev–Trinajstić information content (AvgIpc) is 3.26. The molecule has 1 aliphatic heterocycles. The fourth-order valence-electron chi connectivity index (χ4n) is 4.69. The molecule has 0 radical (unpaired) electrons. The number of imidazole rings is 1. The molecule has 1 aliphatic rings. The van der Waals surface area contributed by atoms with Gasteiger partial charge < -0.3 is 19.5 Å². The molecule has 0 bridgehead atoms. The number of nitrogens with zero attached hydrogens (tertiary/aromatic N) is 5. The highest BCUT2D eigenvalue weighted by atomic mass is 16.6. The van der Waals surface area contributed by atoms with Gasteiger partial charge in [0.05, 0.1) is 16.0 Å². The van der Waals surface area contributed by atoms with Crippen LogP contribution in [-0.4, -0.2) is 64.6 Å². The Hall–Kier alpha value is -4.44. The Morgan fingerprint density at radius 1 is 1.03 bits per heavy atom. The lowest BCUT2D eigenvalue weighted by Crippen LogP contribution is -2.47. The van der Waals surface area contributed by atoms with Gasteiger partial charge in [0.25, 0.3) is 11.6 Å². The first kappa shape index (κ1) is 25.2. The van der Waals surface area contributed by atoms with Crippen LogP contribution in [0, 0.1) is 10.1 Å². The number of aromatic nitrogens is 2. The Balaban J connectivity index is 1.13. The molecule has 196 valence electrons. The second-order valence-corrected chi connectivity index (χ2v) is 9.29. The van der Waals surface area contributed by atoms with Crippen molar-refractivity contribution in [3.63, 3.8) is 0 Å². The summed E-state index contributed by atoms with van der Waals surface area (Å²) in [5.41, 5.74) is 3.72. The predicted octanol–water partition coefficient (Wildman–Crippen LogP) is 3.86. The van der Waals surface area contributed by atoms with Gasteiger partial charge in [-0.25, -0.2) is 4.98 Å². The number of carbonyl (C=O) groups is 1. The third kappa shape index (κ3) is 5.92. The lowest BCUT2D eigenvalue weighted by molar-refractivity contribution is -0.384. The first-order valence-corrected chi connectivity index (χ1v) is 12.6. The third-order valence-electron chi connectivity index (χ3n) is 6.82. The number of ether oxygens (including phenoxy) is 1. The smallest absolute Gasteiger partial charge is 0.269 e. The van der Waals surface area contributed by atoms with E-state index >= 15 is 0 Å². The maximum absolute atomic E-state index is 12.4. The molecule has 1 N–H and O–H groups in total. The number of piperazine rings is 1. The normalized spacial score (nSPS) is 14.0. The van der Waals surface area contributed by atoms with Gasteiger partial charge in [-0.2, -0.15) is 0 Å². The molecule has 5 rings (SSSR count). The van der Waals surface area contributed by atoms with E-state index in [-0.39, 0.29) is 18.2 Å². The minimum absolute atomic E-state index is 0.0320. The van der Waals surface area contributed by atoms with Crippen molar-refractivity contribution in [2.75, 3.05) is 49.5 Å². The van der Waals surface area contributed by atoms with Crippen molar-refractivity contribution in [2.24, 2.45) is 7.05 Å². The Morgan fingerprint density at radius 2 is 1.76 bits per heavy atom. The summed E-state index contributed by atoms with van der Waals surface area (Å²) in [5.74, 6) is 1.07. The summed E-state index contributed by atoms with van der Waals surface area (Å²) in [6, 6.07) is 21.8. The number of nitro benzene ring substituents is 1. The zero-order valence-corrected chi connectivity index (χ0v) is 21.2. The van der Waals surface area contributed by atoms with Gasteiger partial charge in [0, 0.05) is 69.7 Å². The van der Waals surface area contributed by atoms with Gasteiger partial charge in [-0.3, -0.25) is 19.8 Å². The lowest BCUT2D eigenvalue weighted by Gasteiger charge is -2.36. The highest BCUT2D eigenvalue weighted by Crippen LogP contribution is 2.21. The molecule has 10 heteroatoms. The molecular weight excluding hydrogens is 484 g/mol. The molecule has 3 aromatic carbocycles. The van der Waals surface area contributed by atoms with Gasteiger partial charge in [-0.1, -0.05) is 18.2 Å². The summed E-state index contributed by atoms with van der Waals surface area (Å²) in [4.78, 5) is 32.4. The van der Waals surface area contributed by atoms with E-state index in [1.807, 2.05) is 31.3 Å². The molecule has 0 unspecified atom stereocenters. The van der Waals surface area contributed by atoms with Crippen molar-refractivity contribution in [3.05, 3.63) is 88.7 Å². The quantitative estimate of drug-likeness (QED) is 0.267. The van der Waals surface area contributed by atoms with Crippen LogP contribution in [0.25, 0.3) is 11.0 Å². The summed E-state index contributed by atoms with van der Waals surface area (Å²) in [5, 5.41) is 13.6. The molecule has 0 spiro atoms. The van der Waals surface area contributed by atoms with Gasteiger partial charge in [0.1, 0.15) is 11.6 Å². The number of para-hydroxylation sites is 1. The number of fused-ring (bicyclic) bond motifs is 1. The number of benzene rings is 3. The maximum Gasteiger partial charge on any atom is 0.269 e. The molecule has 0 saturated carbocycles. The van der Waals surface area contributed by atoms with Crippen molar-refractivity contribution in [2.45, 2.75) is 6.42 Å². The van der Waals surface area contributed by atoms with Gasteiger partial charge >= 0.3 is 0 Å². The molecule has 38 heavy (non-hydrogen) atoms. The number of amides is 1. The van der Waals surface area contributed by atoms with E-state index < -0.39 is 4.92 Å². The van der Waals surface area contributed by atoms with Crippen molar-refractivity contribution in [3.8, 4) is 5.75 Å². The van der Waals surface area contributed by atoms with Crippen LogP contribution in [0.2, 0.25) is 0 Å². The molecule has 1 fully saturated rings. The first-order chi connectivity index (χ1) is 18.5. The summed E-state index contributed by atoms with van der Waals surface area (Å²) < 4.78 is 7.55. The zero-order valence-electron chi connectivity index (χ0n) is 21.2. The number of non-ortho nitro benzene ring substituents is 1. The van der Waals surface area contributed by atoms with Crippen molar-refractivity contribution >= 4 is 34.0 Å². The predicted molar refractivity (Wildman–Crippen MR) is 147 cm³/mol. The van der Waals surface area contributed by atoms with Gasteiger partial charge in [0.15, 0.2) is 6.61 Å². The monoisotopic (exact) mass is 514 g/mol. The minimum atomic E-state index is -0.483. The number of carbonyl (C=O) groups excluding carboxylic acids is 1. The summed E-state index contributed by atoms with van der Waals surface area (Å²) in [7, 11) is 2.02. The standard InChI is InChI=1S/C28H30N6O4/c1-31-26-12-7-21(29-28(35)20-38-24-10-8-23(9-11-24)34(36)37)19-25(26)30-27(31)13-14-32-15-17-33(18-16-32)22-5-3-2-4-6-22/h2-12,19H,13-18,20H2,1H3,(H,29,35). The number of hydrogen-bond donors (Lipinski definition) is 1. The number of aryl methyl sites for hydroxylation is 1. The first-order valence-electron chi connectivity index (χ1n) is 12.6. The molecule has 1 amide bonds. The second-order valence-electron chi connectivity index (χ2n) is 9.29. The number of hydrogen-bond acceptors (Lipinski definition) is 7. The molecule has 0 atom stereocenters. The lowest BCUT2D eigenvalue weighted by atomic mass is 10.2. The van der Waals surface area contributed by atoms with Crippen molar-refractivity contribution < 1.29 is 14.5 Å². The van der Waals surface area contributed by atoms with Crippen molar-refractivity contribution in [1.82, 2.24) is 14.5 Å². The van der Waals surface area contributed by atoms with E-state index in [9.17, 15) is 14.9 Å². The van der Waals surface area contributed by atoms with E-state index in [0.717, 1.165) is 56.0 Å². The van der Waals surface area contributed by atoms with Crippen LogP contribution in [-0.2, 0) is 18.3 Å². The van der Waals surface area contributed by atoms with Crippen LogP contribution in [0.3, 0.4) is 0 Å². The van der Waals surface area contributed by atoms with Crippen LogP contribution >= 0.6 is 0 Å². The van der Waals surface area contributed by atoms with Crippen LogP contribution in [0.1, 0.15) is 5.82 Å². The topological polar surface area (TPSA) is 106 Å². The zero-order chi connectivity index (χ0) is 26.5. The summed E-state index contributed by atoms with van der Waals surface area (Å²) in [6.07, 6.45) is 0.848. The fraction of sp³-hybridized carbons (Fsp3) is 0.286. The minimum Gasteiger partial charge on any atom is -0.484 e. The van der Waals surface area contributed by atoms with E-state index in [1.165, 1.54) is 30.0 Å². The van der Waals surface area contributed by atoms with E-state index in [4.69, 9.17) is 9.72 Å². The number of anilines is 2. The highest BCUT2D eigenvalue weighted by Gasteiger charge is 2.18. The molecule has 0 aliphatic carbocycles. The van der Waals surface area contributed by atoms with Crippen LogP contribution < -0.4 is 15.0 Å². The molecule has 4 aromatic rings. The number of nitro groups is 1. The Labute approximate surface area is 220 Å². The molecule has 2 heterocycles. The Morgan fingerprint density at radius 3 is 2.47 bits per heavy atom. The molecule has 1 saturated heterocycles. The second kappa shape index (κ2) is 11.3.